The predicted octanol–water partition coefficient (Wildman–Crippen LogP) is 3.36. The summed E-state index contributed by atoms with van der Waals surface area (Å²) in [6.07, 6.45) is 5.89. The first-order valence-corrected chi connectivity index (χ1v) is 8.56. The number of aromatic nitrogens is 2. The van der Waals surface area contributed by atoms with E-state index in [0.29, 0.717) is 29.9 Å². The molecule has 6 nitrogen and oxygen atoms in total. The number of benzene rings is 1. The largest absolute Gasteiger partial charge is 0.376 e. The van der Waals surface area contributed by atoms with Gasteiger partial charge in [0.2, 0.25) is 5.89 Å². The van der Waals surface area contributed by atoms with E-state index in [1.54, 1.807) is 6.92 Å². The van der Waals surface area contributed by atoms with Crippen LogP contribution in [0.15, 0.2) is 22.7 Å². The van der Waals surface area contributed by atoms with E-state index in [0.717, 1.165) is 24.1 Å². The average Bonchev–Trinajstić information content (AvgIpc) is 3.00. The first-order valence-electron chi connectivity index (χ1n) is 8.56. The molecule has 1 aliphatic carbocycles. The molecular formula is C18H24N4O2. The minimum absolute atomic E-state index is 0.0177. The third-order valence-corrected chi connectivity index (χ3v) is 4.43. The van der Waals surface area contributed by atoms with Gasteiger partial charge < -0.3 is 15.2 Å². The number of rotatable bonds is 5. The zero-order valence-corrected chi connectivity index (χ0v) is 14.3. The Labute approximate surface area is 142 Å². The van der Waals surface area contributed by atoms with E-state index in [1.165, 1.54) is 19.3 Å². The molecule has 0 radical (unpaired) electrons. The van der Waals surface area contributed by atoms with E-state index < -0.39 is 0 Å². The van der Waals surface area contributed by atoms with Crippen LogP contribution in [0.2, 0.25) is 0 Å². The van der Waals surface area contributed by atoms with Crippen LogP contribution in [-0.2, 0) is 6.54 Å². The Morgan fingerprint density at radius 2 is 2.04 bits per heavy atom. The minimum Gasteiger partial charge on any atom is -0.376 e. The lowest BCUT2D eigenvalue weighted by molar-refractivity contribution is 0.0927. The van der Waals surface area contributed by atoms with Crippen molar-refractivity contribution >= 4 is 11.6 Å². The molecule has 2 N–H and O–H groups in total. The normalized spacial score (nSPS) is 15.2. The molecule has 1 heterocycles. The van der Waals surface area contributed by atoms with E-state index in [9.17, 15) is 4.79 Å². The Bertz CT molecular complexity index is 705. The van der Waals surface area contributed by atoms with Gasteiger partial charge in [0, 0.05) is 17.3 Å². The molecule has 1 saturated carbocycles. The van der Waals surface area contributed by atoms with Gasteiger partial charge in [-0.05, 0) is 50.5 Å². The molecule has 0 spiro atoms. The maximum Gasteiger partial charge on any atom is 0.251 e. The zero-order valence-electron chi connectivity index (χ0n) is 14.3. The summed E-state index contributed by atoms with van der Waals surface area (Å²) in [6.45, 7) is 4.24. The molecular weight excluding hydrogens is 304 g/mol. The zero-order chi connectivity index (χ0) is 16.9. The predicted molar refractivity (Wildman–Crippen MR) is 91.9 cm³/mol. The second-order valence-corrected chi connectivity index (χ2v) is 6.43. The monoisotopic (exact) mass is 328 g/mol. The summed E-state index contributed by atoms with van der Waals surface area (Å²) in [5, 5.41) is 10.2. The van der Waals surface area contributed by atoms with Crippen LogP contribution in [0.3, 0.4) is 0 Å². The molecule has 1 fully saturated rings. The number of anilines is 1. The van der Waals surface area contributed by atoms with Crippen molar-refractivity contribution in [3.63, 3.8) is 0 Å². The van der Waals surface area contributed by atoms with E-state index in [2.05, 4.69) is 20.8 Å². The summed E-state index contributed by atoms with van der Waals surface area (Å²) < 4.78 is 5.08. The fourth-order valence-corrected chi connectivity index (χ4v) is 3.10. The summed E-state index contributed by atoms with van der Waals surface area (Å²) in [4.78, 5) is 16.6. The highest BCUT2D eigenvalue weighted by molar-refractivity contribution is 5.95. The third kappa shape index (κ3) is 4.13. The topological polar surface area (TPSA) is 80.0 Å². The quantitative estimate of drug-likeness (QED) is 0.879. The molecule has 1 aliphatic rings. The molecule has 1 aromatic heterocycles. The number of amides is 1. The molecule has 0 atom stereocenters. The smallest absolute Gasteiger partial charge is 0.251 e. The Balaban J connectivity index is 1.59. The summed E-state index contributed by atoms with van der Waals surface area (Å²) in [6, 6.07) is 6.02. The van der Waals surface area contributed by atoms with Crippen LogP contribution in [0.5, 0.6) is 0 Å². The first-order chi connectivity index (χ1) is 11.6. The lowest BCUT2D eigenvalue weighted by Gasteiger charge is -2.23. The van der Waals surface area contributed by atoms with Crippen molar-refractivity contribution in [2.75, 3.05) is 5.32 Å². The highest BCUT2D eigenvalue weighted by Gasteiger charge is 2.17. The van der Waals surface area contributed by atoms with Gasteiger partial charge in [-0.15, -0.1) is 0 Å². The highest BCUT2D eigenvalue weighted by Crippen LogP contribution is 2.20. The summed E-state index contributed by atoms with van der Waals surface area (Å²) in [7, 11) is 0. The standard InChI is InChI=1S/C18H24N4O2/c1-12-10-14(18(23)21-15-6-4-3-5-7-15)8-9-16(12)19-11-17-20-13(2)22-24-17/h8-10,15,19H,3-7,11H2,1-2H3,(H,21,23). The van der Waals surface area contributed by atoms with Gasteiger partial charge in [0.15, 0.2) is 5.82 Å². The van der Waals surface area contributed by atoms with Crippen LogP contribution in [0.4, 0.5) is 5.69 Å². The van der Waals surface area contributed by atoms with Gasteiger partial charge >= 0.3 is 0 Å². The van der Waals surface area contributed by atoms with E-state index in [1.807, 2.05) is 25.1 Å². The summed E-state index contributed by atoms with van der Waals surface area (Å²) in [5.74, 6) is 1.19. The highest BCUT2D eigenvalue weighted by atomic mass is 16.5. The van der Waals surface area contributed by atoms with Crippen LogP contribution in [0.25, 0.3) is 0 Å². The van der Waals surface area contributed by atoms with Gasteiger partial charge in [-0.25, -0.2) is 0 Å². The van der Waals surface area contributed by atoms with Gasteiger partial charge in [-0.2, -0.15) is 4.98 Å². The molecule has 0 unspecified atom stereocenters. The number of hydrogen-bond donors (Lipinski definition) is 2. The summed E-state index contributed by atoms with van der Waals surface area (Å²) in [5.41, 5.74) is 2.68. The van der Waals surface area contributed by atoms with Crippen LogP contribution < -0.4 is 10.6 Å². The van der Waals surface area contributed by atoms with Crippen molar-refractivity contribution in [2.45, 2.75) is 58.5 Å². The fourth-order valence-electron chi connectivity index (χ4n) is 3.10. The number of nitrogens with zero attached hydrogens (tertiary/aromatic N) is 2. The number of aryl methyl sites for hydroxylation is 2. The molecule has 1 amide bonds. The summed E-state index contributed by atoms with van der Waals surface area (Å²) >= 11 is 0. The number of nitrogens with one attached hydrogen (secondary N) is 2. The van der Waals surface area contributed by atoms with Gasteiger partial charge in [0.05, 0.1) is 6.54 Å². The van der Waals surface area contributed by atoms with Gasteiger partial charge in [-0.1, -0.05) is 24.4 Å². The van der Waals surface area contributed by atoms with E-state index in [4.69, 9.17) is 4.52 Å². The lowest BCUT2D eigenvalue weighted by atomic mass is 9.95. The molecule has 0 aliphatic heterocycles. The molecule has 3 rings (SSSR count). The molecule has 0 bridgehead atoms. The van der Waals surface area contributed by atoms with Crippen molar-refractivity contribution in [1.82, 2.24) is 15.5 Å². The van der Waals surface area contributed by atoms with Gasteiger partial charge in [0.1, 0.15) is 0 Å². The molecule has 2 aromatic rings. The molecule has 0 saturated heterocycles. The SMILES string of the molecule is Cc1noc(CNc2ccc(C(=O)NC3CCCCC3)cc2C)n1. The fraction of sp³-hybridized carbons (Fsp3) is 0.500. The maximum atomic E-state index is 12.4. The Morgan fingerprint density at radius 1 is 1.25 bits per heavy atom. The van der Waals surface area contributed by atoms with Crippen LogP contribution >= 0.6 is 0 Å². The number of carbonyl (C=O) groups is 1. The Morgan fingerprint density at radius 3 is 2.71 bits per heavy atom. The first kappa shape index (κ1) is 16.5. The van der Waals surface area contributed by atoms with Crippen molar-refractivity contribution < 1.29 is 9.32 Å². The van der Waals surface area contributed by atoms with Crippen LogP contribution in [-0.4, -0.2) is 22.1 Å². The second kappa shape index (κ2) is 7.47. The Hall–Kier alpha value is -2.37. The van der Waals surface area contributed by atoms with E-state index in [-0.39, 0.29) is 5.91 Å². The van der Waals surface area contributed by atoms with Gasteiger partial charge in [-0.3, -0.25) is 4.79 Å². The molecule has 24 heavy (non-hydrogen) atoms. The minimum atomic E-state index is 0.0177. The van der Waals surface area contributed by atoms with E-state index >= 15 is 0 Å². The Kier molecular flexibility index (Phi) is 5.13. The number of carbonyl (C=O) groups excluding carboxylic acids is 1. The molecule has 128 valence electrons. The van der Waals surface area contributed by atoms with Crippen molar-refractivity contribution in [2.24, 2.45) is 0 Å². The lowest BCUT2D eigenvalue weighted by Crippen LogP contribution is -2.36. The maximum absolute atomic E-state index is 12.4. The van der Waals surface area contributed by atoms with Crippen molar-refractivity contribution in [1.29, 1.82) is 0 Å². The van der Waals surface area contributed by atoms with Crippen LogP contribution in [0.1, 0.15) is 59.7 Å². The third-order valence-electron chi connectivity index (χ3n) is 4.43. The van der Waals surface area contributed by atoms with Crippen LogP contribution in [0, 0.1) is 13.8 Å². The molecule has 1 aromatic carbocycles. The number of hydrogen-bond acceptors (Lipinski definition) is 5. The second-order valence-electron chi connectivity index (χ2n) is 6.43. The van der Waals surface area contributed by atoms with Crippen molar-refractivity contribution in [3.05, 3.63) is 41.0 Å². The molecule has 6 heteroatoms. The average molecular weight is 328 g/mol. The van der Waals surface area contributed by atoms with Gasteiger partial charge in [0.25, 0.3) is 5.91 Å². The van der Waals surface area contributed by atoms with Crippen molar-refractivity contribution in [3.8, 4) is 0 Å².